The van der Waals surface area contributed by atoms with Crippen LogP contribution in [0.5, 0.6) is 11.6 Å². The number of nitrogens with one attached hydrogen (secondary N) is 1. The van der Waals surface area contributed by atoms with Crippen molar-refractivity contribution >= 4 is 15.9 Å². The highest BCUT2D eigenvalue weighted by molar-refractivity contribution is 9.10. The van der Waals surface area contributed by atoms with E-state index in [0.29, 0.717) is 17.7 Å². The molecule has 2 heterocycles. The molecule has 0 unspecified atom stereocenters. The van der Waals surface area contributed by atoms with Gasteiger partial charge in [-0.1, -0.05) is 0 Å². The lowest BCUT2D eigenvalue weighted by atomic mass is 10.1. The van der Waals surface area contributed by atoms with Crippen LogP contribution in [0.4, 0.5) is 0 Å². The molecule has 0 aliphatic heterocycles. The minimum absolute atomic E-state index is 0.658. The average Bonchev–Trinajstić information content (AvgIpc) is 3.21. The zero-order valence-corrected chi connectivity index (χ0v) is 13.8. The van der Waals surface area contributed by atoms with Crippen molar-refractivity contribution in [2.45, 2.75) is 39.3 Å². The third-order valence-electron chi connectivity index (χ3n) is 3.48. The molecule has 2 aromatic heterocycles. The summed E-state index contributed by atoms with van der Waals surface area (Å²) in [6, 6.07) is 4.64. The lowest BCUT2D eigenvalue weighted by molar-refractivity contribution is 0.448. The number of hydrogen-bond donors (Lipinski definition) is 1. The van der Waals surface area contributed by atoms with E-state index in [-0.39, 0.29) is 0 Å². The number of aryl methyl sites for hydroxylation is 2. The summed E-state index contributed by atoms with van der Waals surface area (Å²) in [5.41, 5.74) is 3.28. The molecule has 0 atom stereocenters. The quantitative estimate of drug-likeness (QED) is 0.890. The average molecular weight is 348 g/mol. The largest absolute Gasteiger partial charge is 0.437 e. The monoisotopic (exact) mass is 347 g/mol. The molecule has 0 aromatic carbocycles. The molecule has 4 nitrogen and oxygen atoms in total. The zero-order valence-electron chi connectivity index (χ0n) is 12.2. The van der Waals surface area contributed by atoms with Gasteiger partial charge in [-0.05, 0) is 60.3 Å². The van der Waals surface area contributed by atoms with Gasteiger partial charge in [0.1, 0.15) is 5.75 Å². The van der Waals surface area contributed by atoms with Gasteiger partial charge in [0, 0.05) is 34.5 Å². The number of hydrogen-bond acceptors (Lipinski definition) is 4. The molecule has 1 fully saturated rings. The van der Waals surface area contributed by atoms with E-state index in [4.69, 9.17) is 4.74 Å². The Hall–Kier alpha value is -1.46. The summed E-state index contributed by atoms with van der Waals surface area (Å²) in [7, 11) is 0. The van der Waals surface area contributed by atoms with Crippen molar-refractivity contribution in [3.8, 4) is 11.6 Å². The second-order valence-electron chi connectivity index (χ2n) is 5.46. The molecule has 1 aliphatic rings. The number of halogens is 1. The summed E-state index contributed by atoms with van der Waals surface area (Å²) in [5.74, 6) is 1.36. The first kappa shape index (κ1) is 14.5. The Morgan fingerprint density at radius 1 is 1.29 bits per heavy atom. The van der Waals surface area contributed by atoms with Gasteiger partial charge in [0.05, 0.1) is 6.20 Å². The molecule has 110 valence electrons. The Bertz CT molecular complexity index is 656. The molecule has 2 aromatic rings. The van der Waals surface area contributed by atoms with Crippen LogP contribution in [0, 0.1) is 13.8 Å². The fraction of sp³-hybridized carbons (Fsp3) is 0.375. The van der Waals surface area contributed by atoms with E-state index in [9.17, 15) is 0 Å². The molecule has 3 rings (SSSR count). The van der Waals surface area contributed by atoms with Gasteiger partial charge < -0.3 is 10.1 Å². The van der Waals surface area contributed by atoms with Crippen molar-refractivity contribution in [1.29, 1.82) is 0 Å². The molecule has 5 heteroatoms. The molecule has 0 spiro atoms. The fourth-order valence-corrected chi connectivity index (χ4v) is 2.57. The van der Waals surface area contributed by atoms with Crippen molar-refractivity contribution in [3.63, 3.8) is 0 Å². The SMILES string of the molecule is Cc1cc(C)c(CNC2CC2)c(Oc2cncc(Br)c2)n1. The van der Waals surface area contributed by atoms with Gasteiger partial charge in [-0.15, -0.1) is 0 Å². The summed E-state index contributed by atoms with van der Waals surface area (Å²) < 4.78 is 6.85. The van der Waals surface area contributed by atoms with Crippen LogP contribution in [0.3, 0.4) is 0 Å². The van der Waals surface area contributed by atoms with E-state index in [1.807, 2.05) is 13.0 Å². The van der Waals surface area contributed by atoms with Gasteiger partial charge in [0.15, 0.2) is 0 Å². The standard InChI is InChI=1S/C16H18BrN3O/c1-10-5-11(2)20-16(15(10)9-19-13-3-4-13)21-14-6-12(17)7-18-8-14/h5-8,13,19H,3-4,9H2,1-2H3. The van der Waals surface area contributed by atoms with E-state index < -0.39 is 0 Å². The molecule has 0 saturated heterocycles. The van der Waals surface area contributed by atoms with E-state index in [1.165, 1.54) is 18.4 Å². The third kappa shape index (κ3) is 3.80. The number of pyridine rings is 2. The molecule has 1 aliphatic carbocycles. The molecule has 0 radical (unpaired) electrons. The van der Waals surface area contributed by atoms with Gasteiger partial charge in [0.2, 0.25) is 5.88 Å². The lowest BCUT2D eigenvalue weighted by Gasteiger charge is -2.14. The highest BCUT2D eigenvalue weighted by atomic mass is 79.9. The molecule has 0 amide bonds. The smallest absolute Gasteiger partial charge is 0.224 e. The van der Waals surface area contributed by atoms with Gasteiger partial charge in [-0.2, -0.15) is 0 Å². The summed E-state index contributed by atoms with van der Waals surface area (Å²) >= 11 is 3.41. The Kier molecular flexibility index (Phi) is 4.22. The van der Waals surface area contributed by atoms with Crippen LogP contribution >= 0.6 is 15.9 Å². The Balaban J connectivity index is 1.87. The first-order valence-corrected chi connectivity index (χ1v) is 7.90. The summed E-state index contributed by atoms with van der Waals surface area (Å²) in [6.45, 7) is 4.88. The predicted octanol–water partition coefficient (Wildman–Crippen LogP) is 3.90. The Morgan fingerprint density at radius 2 is 2.10 bits per heavy atom. The molecule has 21 heavy (non-hydrogen) atoms. The van der Waals surface area contributed by atoms with Gasteiger partial charge in [0.25, 0.3) is 0 Å². The highest BCUT2D eigenvalue weighted by Gasteiger charge is 2.21. The van der Waals surface area contributed by atoms with Crippen molar-refractivity contribution in [2.75, 3.05) is 0 Å². The number of ether oxygens (including phenoxy) is 1. The van der Waals surface area contributed by atoms with E-state index in [1.54, 1.807) is 12.4 Å². The normalized spacial score (nSPS) is 14.2. The topological polar surface area (TPSA) is 47.0 Å². The van der Waals surface area contributed by atoms with Crippen LogP contribution in [0.2, 0.25) is 0 Å². The van der Waals surface area contributed by atoms with Crippen molar-refractivity contribution in [3.05, 3.63) is 45.8 Å². The van der Waals surface area contributed by atoms with Crippen LogP contribution in [0.1, 0.15) is 29.7 Å². The second-order valence-corrected chi connectivity index (χ2v) is 6.38. The number of rotatable bonds is 5. The van der Waals surface area contributed by atoms with Crippen LogP contribution in [-0.2, 0) is 6.54 Å². The maximum Gasteiger partial charge on any atom is 0.224 e. The molecular weight excluding hydrogens is 330 g/mol. The summed E-state index contributed by atoms with van der Waals surface area (Å²) in [4.78, 5) is 8.68. The van der Waals surface area contributed by atoms with Crippen LogP contribution < -0.4 is 10.1 Å². The maximum absolute atomic E-state index is 5.96. The van der Waals surface area contributed by atoms with Crippen molar-refractivity contribution in [2.24, 2.45) is 0 Å². The van der Waals surface area contributed by atoms with Crippen molar-refractivity contribution < 1.29 is 4.74 Å². The molecule has 1 N–H and O–H groups in total. The second kappa shape index (κ2) is 6.12. The van der Waals surface area contributed by atoms with Crippen molar-refractivity contribution in [1.82, 2.24) is 15.3 Å². The number of nitrogens with zero attached hydrogens (tertiary/aromatic N) is 2. The predicted molar refractivity (Wildman–Crippen MR) is 85.6 cm³/mol. The van der Waals surface area contributed by atoms with E-state index in [0.717, 1.165) is 22.3 Å². The van der Waals surface area contributed by atoms with E-state index >= 15 is 0 Å². The summed E-state index contributed by atoms with van der Waals surface area (Å²) in [5, 5.41) is 3.53. The van der Waals surface area contributed by atoms with Gasteiger partial charge in [-0.3, -0.25) is 4.98 Å². The summed E-state index contributed by atoms with van der Waals surface area (Å²) in [6.07, 6.45) is 5.97. The van der Waals surface area contributed by atoms with Crippen LogP contribution in [0.15, 0.2) is 29.0 Å². The first-order chi connectivity index (χ1) is 10.1. The molecule has 1 saturated carbocycles. The lowest BCUT2D eigenvalue weighted by Crippen LogP contribution is -2.17. The van der Waals surface area contributed by atoms with Gasteiger partial charge >= 0.3 is 0 Å². The molecule has 0 bridgehead atoms. The van der Waals surface area contributed by atoms with E-state index in [2.05, 4.69) is 44.2 Å². The Morgan fingerprint density at radius 3 is 2.81 bits per heavy atom. The zero-order chi connectivity index (χ0) is 14.8. The maximum atomic E-state index is 5.96. The number of aromatic nitrogens is 2. The van der Waals surface area contributed by atoms with Crippen LogP contribution in [-0.4, -0.2) is 16.0 Å². The minimum atomic E-state index is 0.658. The first-order valence-electron chi connectivity index (χ1n) is 7.11. The van der Waals surface area contributed by atoms with Crippen LogP contribution in [0.25, 0.3) is 0 Å². The van der Waals surface area contributed by atoms with Gasteiger partial charge in [-0.25, -0.2) is 4.98 Å². The Labute approximate surface area is 133 Å². The minimum Gasteiger partial charge on any atom is -0.437 e. The fourth-order valence-electron chi connectivity index (χ4n) is 2.22. The molecular formula is C16H18BrN3O. The highest BCUT2D eigenvalue weighted by Crippen LogP contribution is 2.28. The third-order valence-corrected chi connectivity index (χ3v) is 3.91.